The predicted octanol–water partition coefficient (Wildman–Crippen LogP) is 2.27. The fourth-order valence-corrected chi connectivity index (χ4v) is 2.32. The molecule has 0 aromatic rings. The molecule has 1 rings (SSSR count). The van der Waals surface area contributed by atoms with Crippen LogP contribution >= 0.6 is 0 Å². The minimum atomic E-state index is -0.634. The Kier molecular flexibility index (Phi) is 4.58. The van der Waals surface area contributed by atoms with Crippen LogP contribution in [0.3, 0.4) is 0 Å². The highest BCUT2D eigenvalue weighted by Gasteiger charge is 2.35. The van der Waals surface area contributed by atoms with Crippen LogP contribution in [0.15, 0.2) is 0 Å². The molecule has 1 fully saturated rings. The van der Waals surface area contributed by atoms with Crippen LogP contribution in [-0.4, -0.2) is 23.3 Å². The van der Waals surface area contributed by atoms with Crippen molar-refractivity contribution in [2.45, 2.75) is 58.0 Å². The molecule has 3 heteroatoms. The Morgan fingerprint density at radius 2 is 2.27 bits per heavy atom. The summed E-state index contributed by atoms with van der Waals surface area (Å²) in [5.74, 6) is 0.115. The van der Waals surface area contributed by atoms with E-state index in [-0.39, 0.29) is 5.97 Å². The van der Waals surface area contributed by atoms with Gasteiger partial charge in [-0.3, -0.25) is 4.79 Å². The average molecular weight is 214 g/mol. The lowest BCUT2D eigenvalue weighted by molar-refractivity contribution is -0.145. The van der Waals surface area contributed by atoms with E-state index in [4.69, 9.17) is 4.74 Å². The highest BCUT2D eigenvalue weighted by molar-refractivity contribution is 5.69. The van der Waals surface area contributed by atoms with Crippen molar-refractivity contribution in [2.24, 2.45) is 5.92 Å². The largest absolute Gasteiger partial charge is 0.466 e. The topological polar surface area (TPSA) is 46.5 Å². The van der Waals surface area contributed by atoms with E-state index in [0.29, 0.717) is 25.4 Å². The maximum atomic E-state index is 11.2. The lowest BCUT2D eigenvalue weighted by atomic mass is 9.74. The first kappa shape index (κ1) is 12.5. The van der Waals surface area contributed by atoms with Crippen molar-refractivity contribution in [2.75, 3.05) is 6.61 Å². The van der Waals surface area contributed by atoms with Gasteiger partial charge >= 0.3 is 5.97 Å². The highest BCUT2D eigenvalue weighted by atomic mass is 16.5. The van der Waals surface area contributed by atoms with Gasteiger partial charge in [0.25, 0.3) is 0 Å². The zero-order chi connectivity index (χ0) is 11.3. The monoisotopic (exact) mass is 214 g/mol. The Bertz CT molecular complexity index is 215. The summed E-state index contributed by atoms with van der Waals surface area (Å²) in [5.41, 5.74) is -0.634. The lowest BCUT2D eigenvalue weighted by Gasteiger charge is -2.38. The number of aliphatic hydroxyl groups is 1. The van der Waals surface area contributed by atoms with Crippen molar-refractivity contribution in [3.05, 3.63) is 0 Å². The number of esters is 1. The third-order valence-corrected chi connectivity index (χ3v) is 3.48. The molecule has 0 aromatic heterocycles. The fraction of sp³-hybridized carbons (Fsp3) is 0.917. The summed E-state index contributed by atoms with van der Waals surface area (Å²) in [7, 11) is 0. The molecule has 1 N–H and O–H groups in total. The summed E-state index contributed by atoms with van der Waals surface area (Å²) >= 11 is 0. The molecule has 1 aliphatic rings. The Morgan fingerprint density at radius 1 is 1.53 bits per heavy atom. The van der Waals surface area contributed by atoms with Crippen LogP contribution in [0.5, 0.6) is 0 Å². The molecule has 15 heavy (non-hydrogen) atoms. The Morgan fingerprint density at radius 3 is 2.87 bits per heavy atom. The first-order valence-electron chi connectivity index (χ1n) is 5.96. The Balaban J connectivity index is 2.37. The zero-order valence-electron chi connectivity index (χ0n) is 9.79. The molecule has 1 saturated carbocycles. The van der Waals surface area contributed by atoms with Crippen molar-refractivity contribution >= 4 is 5.97 Å². The average Bonchev–Trinajstić information content (AvgIpc) is 2.21. The van der Waals surface area contributed by atoms with E-state index in [1.54, 1.807) is 6.92 Å². The summed E-state index contributed by atoms with van der Waals surface area (Å²) in [6.45, 7) is 4.30. The van der Waals surface area contributed by atoms with Gasteiger partial charge in [-0.1, -0.05) is 19.8 Å². The zero-order valence-corrected chi connectivity index (χ0v) is 9.79. The molecule has 0 amide bonds. The van der Waals surface area contributed by atoms with Gasteiger partial charge < -0.3 is 9.84 Å². The van der Waals surface area contributed by atoms with Gasteiger partial charge in [-0.15, -0.1) is 0 Å². The summed E-state index contributed by atoms with van der Waals surface area (Å²) in [4.78, 5) is 11.2. The SMILES string of the molecule is CCOC(=O)CCC1(O)CCCCC1C. The first-order chi connectivity index (χ1) is 7.08. The van der Waals surface area contributed by atoms with E-state index in [9.17, 15) is 9.90 Å². The molecule has 88 valence electrons. The van der Waals surface area contributed by atoms with E-state index in [1.807, 2.05) is 0 Å². The van der Waals surface area contributed by atoms with E-state index >= 15 is 0 Å². The van der Waals surface area contributed by atoms with Crippen LogP contribution in [0.25, 0.3) is 0 Å². The summed E-state index contributed by atoms with van der Waals surface area (Å²) in [6.07, 6.45) is 5.06. The van der Waals surface area contributed by atoms with Crippen LogP contribution < -0.4 is 0 Å². The lowest BCUT2D eigenvalue weighted by Crippen LogP contribution is -2.39. The molecule has 0 saturated heterocycles. The van der Waals surface area contributed by atoms with Crippen LogP contribution in [0.1, 0.15) is 52.4 Å². The van der Waals surface area contributed by atoms with Gasteiger partial charge in [-0.25, -0.2) is 0 Å². The van der Waals surface area contributed by atoms with E-state index < -0.39 is 5.60 Å². The van der Waals surface area contributed by atoms with Gasteiger partial charge in [-0.05, 0) is 32.1 Å². The highest BCUT2D eigenvalue weighted by Crippen LogP contribution is 2.36. The molecule has 0 spiro atoms. The number of hydrogen-bond donors (Lipinski definition) is 1. The normalized spacial score (nSPS) is 31.3. The fourth-order valence-electron chi connectivity index (χ4n) is 2.32. The van der Waals surface area contributed by atoms with E-state index in [0.717, 1.165) is 19.3 Å². The molecule has 2 atom stereocenters. The molecule has 0 bridgehead atoms. The number of carbonyl (C=O) groups excluding carboxylic acids is 1. The Hall–Kier alpha value is -0.570. The van der Waals surface area contributed by atoms with Crippen LogP contribution in [0.2, 0.25) is 0 Å². The maximum Gasteiger partial charge on any atom is 0.305 e. The molecular weight excluding hydrogens is 192 g/mol. The molecule has 0 aromatic carbocycles. The number of carbonyl (C=O) groups is 1. The van der Waals surface area contributed by atoms with E-state index in [1.165, 1.54) is 6.42 Å². The molecule has 0 radical (unpaired) electrons. The number of hydrogen-bond acceptors (Lipinski definition) is 3. The van der Waals surface area contributed by atoms with Gasteiger partial charge in [0, 0.05) is 6.42 Å². The summed E-state index contributed by atoms with van der Waals surface area (Å²) in [5, 5.41) is 10.3. The molecule has 2 unspecified atom stereocenters. The third kappa shape index (κ3) is 3.49. The van der Waals surface area contributed by atoms with Crippen LogP contribution in [0, 0.1) is 5.92 Å². The predicted molar refractivity (Wildman–Crippen MR) is 58.4 cm³/mol. The smallest absolute Gasteiger partial charge is 0.305 e. The number of rotatable bonds is 4. The minimum absolute atomic E-state index is 0.191. The van der Waals surface area contributed by atoms with Gasteiger partial charge in [-0.2, -0.15) is 0 Å². The number of ether oxygens (including phenoxy) is 1. The van der Waals surface area contributed by atoms with Crippen molar-refractivity contribution in [1.29, 1.82) is 0 Å². The van der Waals surface area contributed by atoms with Crippen molar-refractivity contribution in [3.63, 3.8) is 0 Å². The quantitative estimate of drug-likeness (QED) is 0.730. The second-order valence-electron chi connectivity index (χ2n) is 4.56. The van der Waals surface area contributed by atoms with Crippen molar-refractivity contribution in [3.8, 4) is 0 Å². The second kappa shape index (κ2) is 5.50. The van der Waals surface area contributed by atoms with Gasteiger partial charge in [0.1, 0.15) is 0 Å². The van der Waals surface area contributed by atoms with Crippen molar-refractivity contribution in [1.82, 2.24) is 0 Å². The molecule has 0 heterocycles. The second-order valence-corrected chi connectivity index (χ2v) is 4.56. The standard InChI is InChI=1S/C12H22O3/c1-3-15-11(13)7-9-12(14)8-5-4-6-10(12)2/h10,14H,3-9H2,1-2H3. The van der Waals surface area contributed by atoms with Crippen LogP contribution in [-0.2, 0) is 9.53 Å². The molecule has 3 nitrogen and oxygen atoms in total. The molecule has 0 aliphatic heterocycles. The van der Waals surface area contributed by atoms with Crippen molar-refractivity contribution < 1.29 is 14.6 Å². The molecule has 1 aliphatic carbocycles. The first-order valence-corrected chi connectivity index (χ1v) is 5.96. The maximum absolute atomic E-state index is 11.2. The molecular formula is C12H22O3. The summed E-state index contributed by atoms with van der Waals surface area (Å²) in [6, 6.07) is 0. The van der Waals surface area contributed by atoms with Gasteiger partial charge in [0.2, 0.25) is 0 Å². The van der Waals surface area contributed by atoms with Gasteiger partial charge in [0.15, 0.2) is 0 Å². The summed E-state index contributed by atoms with van der Waals surface area (Å²) < 4.78 is 4.86. The Labute approximate surface area is 91.8 Å². The van der Waals surface area contributed by atoms with Gasteiger partial charge in [0.05, 0.1) is 12.2 Å². The van der Waals surface area contributed by atoms with Crippen LogP contribution in [0.4, 0.5) is 0 Å². The van der Waals surface area contributed by atoms with E-state index in [2.05, 4.69) is 6.92 Å². The third-order valence-electron chi connectivity index (χ3n) is 3.48. The minimum Gasteiger partial charge on any atom is -0.466 e.